The first kappa shape index (κ1) is 12.7. The maximum Gasteiger partial charge on any atom is 0.138 e. The van der Waals surface area contributed by atoms with Crippen LogP contribution in [0.25, 0.3) is 0 Å². The third-order valence-electron chi connectivity index (χ3n) is 2.88. The smallest absolute Gasteiger partial charge is 0.138 e. The van der Waals surface area contributed by atoms with Gasteiger partial charge in [-0.05, 0) is 13.8 Å². The Balaban J connectivity index is 2.31. The minimum Gasteiger partial charge on any atom is -0.378 e. The number of hydrogen-bond donors (Lipinski definition) is 1. The summed E-state index contributed by atoms with van der Waals surface area (Å²) in [6.07, 6.45) is 0. The van der Waals surface area contributed by atoms with E-state index in [4.69, 9.17) is 15.0 Å². The third kappa shape index (κ3) is 2.27. The van der Waals surface area contributed by atoms with Gasteiger partial charge in [0.2, 0.25) is 0 Å². The summed E-state index contributed by atoms with van der Waals surface area (Å²) >= 11 is 0. The third-order valence-corrected chi connectivity index (χ3v) is 2.88. The number of aryl methyl sites for hydroxylation is 2. The highest BCUT2D eigenvalue weighted by molar-refractivity contribution is 5.22. The Bertz CT molecular complexity index is 512. The van der Waals surface area contributed by atoms with Crippen LogP contribution in [0.4, 0.5) is 0 Å². The van der Waals surface area contributed by atoms with Crippen molar-refractivity contribution in [2.45, 2.75) is 33.5 Å². The van der Waals surface area contributed by atoms with Crippen molar-refractivity contribution in [3.05, 3.63) is 28.4 Å². The summed E-state index contributed by atoms with van der Waals surface area (Å²) in [5.74, 6) is 0.792. The number of ether oxygens (including phenoxy) is 1. The topological polar surface area (TPSA) is 92.0 Å². The summed E-state index contributed by atoms with van der Waals surface area (Å²) in [4.78, 5) is 0. The van der Waals surface area contributed by atoms with Crippen molar-refractivity contribution in [1.82, 2.24) is 20.2 Å². The molecule has 0 bridgehead atoms. The molecule has 0 saturated carbocycles. The second-order valence-electron chi connectivity index (χ2n) is 4.08. The van der Waals surface area contributed by atoms with Gasteiger partial charge in [-0.25, -0.2) is 4.68 Å². The Kier molecular flexibility index (Phi) is 3.73. The fourth-order valence-corrected chi connectivity index (χ4v) is 1.83. The molecule has 0 saturated heterocycles. The summed E-state index contributed by atoms with van der Waals surface area (Å²) in [6, 6.07) is 0. The lowest BCUT2D eigenvalue weighted by molar-refractivity contribution is 0.176. The Hall–Kier alpha value is -1.73. The molecule has 0 aromatic carbocycles. The first-order valence-electron chi connectivity index (χ1n) is 5.69. The molecule has 18 heavy (non-hydrogen) atoms. The molecule has 7 heteroatoms. The largest absolute Gasteiger partial charge is 0.378 e. The van der Waals surface area contributed by atoms with Gasteiger partial charge in [0.05, 0.1) is 24.5 Å². The number of methoxy groups -OCH3 is 1. The predicted octanol–water partition coefficient (Wildman–Crippen LogP) is 0.536. The van der Waals surface area contributed by atoms with Crippen molar-refractivity contribution in [3.63, 3.8) is 0 Å². The first-order chi connectivity index (χ1) is 8.67. The van der Waals surface area contributed by atoms with Gasteiger partial charge in [-0.2, -0.15) is 0 Å². The van der Waals surface area contributed by atoms with Crippen molar-refractivity contribution >= 4 is 0 Å². The van der Waals surface area contributed by atoms with Crippen LogP contribution in [0.3, 0.4) is 0 Å². The molecule has 0 aliphatic carbocycles. The van der Waals surface area contributed by atoms with Crippen molar-refractivity contribution < 1.29 is 9.26 Å². The van der Waals surface area contributed by atoms with E-state index in [9.17, 15) is 0 Å². The summed E-state index contributed by atoms with van der Waals surface area (Å²) in [6.45, 7) is 5.13. The van der Waals surface area contributed by atoms with Crippen LogP contribution in [0.2, 0.25) is 0 Å². The molecule has 2 aromatic rings. The molecule has 0 aliphatic rings. The molecular weight excluding hydrogens is 234 g/mol. The second-order valence-corrected chi connectivity index (χ2v) is 4.08. The van der Waals surface area contributed by atoms with Gasteiger partial charge < -0.3 is 15.0 Å². The van der Waals surface area contributed by atoms with Crippen LogP contribution in [0.5, 0.6) is 0 Å². The van der Waals surface area contributed by atoms with Crippen LogP contribution < -0.4 is 5.73 Å². The molecule has 0 fully saturated rings. The molecule has 0 spiro atoms. The van der Waals surface area contributed by atoms with Gasteiger partial charge in [-0.3, -0.25) is 0 Å². The molecule has 0 amide bonds. The zero-order valence-electron chi connectivity index (χ0n) is 10.8. The van der Waals surface area contributed by atoms with Crippen molar-refractivity contribution in [2.24, 2.45) is 5.73 Å². The number of nitrogens with zero attached hydrogens (tertiary/aromatic N) is 4. The van der Waals surface area contributed by atoms with E-state index in [0.717, 1.165) is 28.4 Å². The van der Waals surface area contributed by atoms with Crippen LogP contribution in [0.1, 0.15) is 28.4 Å². The van der Waals surface area contributed by atoms with Gasteiger partial charge in [0.1, 0.15) is 11.5 Å². The van der Waals surface area contributed by atoms with E-state index >= 15 is 0 Å². The number of rotatable bonds is 5. The lowest BCUT2D eigenvalue weighted by Gasteiger charge is -2.06. The van der Waals surface area contributed by atoms with Gasteiger partial charge >= 0.3 is 0 Å². The fraction of sp³-hybridized carbons (Fsp3) is 0.545. The zero-order chi connectivity index (χ0) is 13.1. The van der Waals surface area contributed by atoms with Crippen LogP contribution in [0.15, 0.2) is 4.52 Å². The van der Waals surface area contributed by atoms with E-state index in [-0.39, 0.29) is 0 Å². The van der Waals surface area contributed by atoms with Gasteiger partial charge in [-0.1, -0.05) is 10.4 Å². The van der Waals surface area contributed by atoms with E-state index in [2.05, 4.69) is 15.5 Å². The molecule has 2 N–H and O–H groups in total. The van der Waals surface area contributed by atoms with Gasteiger partial charge in [-0.15, -0.1) is 5.10 Å². The highest BCUT2D eigenvalue weighted by Crippen LogP contribution is 2.16. The maximum absolute atomic E-state index is 5.63. The average Bonchev–Trinajstić information content (AvgIpc) is 2.88. The monoisotopic (exact) mass is 251 g/mol. The Morgan fingerprint density at radius 2 is 2.17 bits per heavy atom. The standard InChI is InChI=1S/C11H17N5O2/c1-7-9(8(2)18-14-7)5-16-11(6-17-3)10(4-12)13-15-16/h4-6,12H2,1-3H3. The number of hydrogen-bond acceptors (Lipinski definition) is 6. The summed E-state index contributed by atoms with van der Waals surface area (Å²) in [7, 11) is 1.63. The first-order valence-corrected chi connectivity index (χ1v) is 5.69. The van der Waals surface area contributed by atoms with E-state index in [0.29, 0.717) is 19.7 Å². The van der Waals surface area contributed by atoms with Crippen LogP contribution >= 0.6 is 0 Å². The molecular formula is C11H17N5O2. The molecule has 0 atom stereocenters. The van der Waals surface area contributed by atoms with Gasteiger partial charge in [0.25, 0.3) is 0 Å². The summed E-state index contributed by atoms with van der Waals surface area (Å²) < 4.78 is 12.1. The number of nitrogens with two attached hydrogens (primary N) is 1. The highest BCUT2D eigenvalue weighted by atomic mass is 16.5. The molecule has 2 heterocycles. The van der Waals surface area contributed by atoms with Gasteiger partial charge in [0.15, 0.2) is 0 Å². The van der Waals surface area contributed by atoms with Gasteiger partial charge in [0, 0.05) is 19.2 Å². The minimum atomic E-state index is 0.348. The molecule has 0 aliphatic heterocycles. The molecule has 98 valence electrons. The van der Waals surface area contributed by atoms with Crippen molar-refractivity contribution in [2.75, 3.05) is 7.11 Å². The lowest BCUT2D eigenvalue weighted by atomic mass is 10.2. The SMILES string of the molecule is COCc1c(CN)nnn1Cc1c(C)noc1C. The Morgan fingerprint density at radius 1 is 1.39 bits per heavy atom. The van der Waals surface area contributed by atoms with Crippen molar-refractivity contribution in [1.29, 1.82) is 0 Å². The van der Waals surface area contributed by atoms with E-state index in [1.165, 1.54) is 0 Å². The molecule has 7 nitrogen and oxygen atoms in total. The number of aromatic nitrogens is 4. The minimum absolute atomic E-state index is 0.348. The maximum atomic E-state index is 5.63. The molecule has 0 radical (unpaired) electrons. The quantitative estimate of drug-likeness (QED) is 0.833. The normalized spacial score (nSPS) is 11.1. The van der Waals surface area contributed by atoms with E-state index < -0.39 is 0 Å². The van der Waals surface area contributed by atoms with Crippen LogP contribution in [0, 0.1) is 13.8 Å². The summed E-state index contributed by atoms with van der Waals surface area (Å²) in [5.41, 5.74) is 9.14. The van der Waals surface area contributed by atoms with Crippen LogP contribution in [-0.2, 0) is 24.4 Å². The average molecular weight is 251 g/mol. The van der Waals surface area contributed by atoms with Crippen molar-refractivity contribution in [3.8, 4) is 0 Å². The van der Waals surface area contributed by atoms with Crippen LogP contribution in [-0.4, -0.2) is 27.3 Å². The lowest BCUT2D eigenvalue weighted by Crippen LogP contribution is -2.10. The fourth-order valence-electron chi connectivity index (χ4n) is 1.83. The van der Waals surface area contributed by atoms with E-state index in [1.54, 1.807) is 11.8 Å². The predicted molar refractivity (Wildman–Crippen MR) is 63.7 cm³/mol. The molecule has 2 rings (SSSR count). The highest BCUT2D eigenvalue weighted by Gasteiger charge is 2.15. The Labute approximate surface area is 105 Å². The second kappa shape index (κ2) is 5.28. The Morgan fingerprint density at radius 3 is 2.72 bits per heavy atom. The van der Waals surface area contributed by atoms with E-state index in [1.807, 2.05) is 13.8 Å². The summed E-state index contributed by atoms with van der Waals surface area (Å²) in [5, 5.41) is 12.1. The zero-order valence-corrected chi connectivity index (χ0v) is 10.8. The molecule has 0 unspecified atom stereocenters. The molecule has 2 aromatic heterocycles.